The number of anilines is 2. The molecule has 1 heterocycles. The van der Waals surface area contributed by atoms with Gasteiger partial charge in [0.1, 0.15) is 12.4 Å². The maximum atomic E-state index is 11.8. The molecule has 5 heteroatoms. The molecule has 0 radical (unpaired) electrons. The van der Waals surface area contributed by atoms with Crippen LogP contribution < -0.4 is 15.4 Å². The van der Waals surface area contributed by atoms with E-state index in [1.54, 1.807) is 11.0 Å². The molecule has 1 aliphatic heterocycles. The monoisotopic (exact) mass is 264 g/mol. The molecule has 19 heavy (non-hydrogen) atoms. The molecule has 2 rings (SSSR count). The quantitative estimate of drug-likeness (QED) is 0.840. The number of benzene rings is 1. The van der Waals surface area contributed by atoms with Crippen LogP contribution in [0.4, 0.5) is 11.4 Å². The van der Waals surface area contributed by atoms with Gasteiger partial charge in [-0.05, 0) is 18.1 Å². The number of morpholine rings is 1. The lowest BCUT2D eigenvalue weighted by Crippen LogP contribution is -2.41. The van der Waals surface area contributed by atoms with Crippen molar-refractivity contribution in [2.24, 2.45) is 5.92 Å². The second-order valence-corrected chi connectivity index (χ2v) is 5.02. The Labute approximate surface area is 113 Å². The van der Waals surface area contributed by atoms with Crippen molar-refractivity contribution in [3.63, 3.8) is 0 Å². The predicted molar refractivity (Wildman–Crippen MR) is 74.4 cm³/mol. The van der Waals surface area contributed by atoms with Gasteiger partial charge in [-0.1, -0.05) is 13.8 Å². The standard InChI is InChI=1S/C14H20N2O3/c1-10(2)8-19-13-7-11(3-4-12(13)15)16-5-6-18-9-14(16)17/h3-4,7,10H,5-6,8-9,15H2,1-2H3. The zero-order valence-electron chi connectivity index (χ0n) is 11.4. The second kappa shape index (κ2) is 5.93. The third kappa shape index (κ3) is 3.38. The zero-order chi connectivity index (χ0) is 13.8. The van der Waals surface area contributed by atoms with Gasteiger partial charge in [-0.2, -0.15) is 0 Å². The molecule has 1 aliphatic rings. The van der Waals surface area contributed by atoms with Crippen molar-refractivity contribution < 1.29 is 14.3 Å². The highest BCUT2D eigenvalue weighted by Gasteiger charge is 2.21. The third-order valence-corrected chi connectivity index (χ3v) is 2.87. The van der Waals surface area contributed by atoms with Crippen molar-refractivity contribution in [2.75, 3.05) is 37.0 Å². The van der Waals surface area contributed by atoms with Crippen molar-refractivity contribution in [3.8, 4) is 5.75 Å². The van der Waals surface area contributed by atoms with E-state index in [1.165, 1.54) is 0 Å². The molecule has 2 N–H and O–H groups in total. The fourth-order valence-electron chi connectivity index (χ4n) is 1.86. The molecule has 0 bridgehead atoms. The summed E-state index contributed by atoms with van der Waals surface area (Å²) in [6.45, 7) is 6.00. The van der Waals surface area contributed by atoms with E-state index < -0.39 is 0 Å². The van der Waals surface area contributed by atoms with Crippen LogP contribution in [0.15, 0.2) is 18.2 Å². The number of nitrogen functional groups attached to an aromatic ring is 1. The fourth-order valence-corrected chi connectivity index (χ4v) is 1.86. The summed E-state index contributed by atoms with van der Waals surface area (Å²) in [5.41, 5.74) is 7.28. The van der Waals surface area contributed by atoms with Crippen LogP contribution in [0.3, 0.4) is 0 Å². The van der Waals surface area contributed by atoms with E-state index in [0.29, 0.717) is 37.1 Å². The van der Waals surface area contributed by atoms with E-state index >= 15 is 0 Å². The summed E-state index contributed by atoms with van der Waals surface area (Å²) in [6, 6.07) is 5.43. The lowest BCUT2D eigenvalue weighted by molar-refractivity contribution is -0.125. The number of ether oxygens (including phenoxy) is 2. The van der Waals surface area contributed by atoms with Gasteiger partial charge in [0.05, 0.1) is 18.9 Å². The molecule has 0 atom stereocenters. The maximum absolute atomic E-state index is 11.8. The smallest absolute Gasteiger partial charge is 0.253 e. The average molecular weight is 264 g/mol. The molecule has 0 aromatic heterocycles. The summed E-state index contributed by atoms with van der Waals surface area (Å²) in [4.78, 5) is 13.5. The number of carbonyl (C=O) groups excluding carboxylic acids is 1. The Kier molecular flexibility index (Phi) is 4.27. The first-order chi connectivity index (χ1) is 9.08. The van der Waals surface area contributed by atoms with Crippen molar-refractivity contribution in [1.82, 2.24) is 0 Å². The van der Waals surface area contributed by atoms with Crippen LogP contribution in [-0.4, -0.2) is 32.3 Å². The van der Waals surface area contributed by atoms with Crippen LogP contribution >= 0.6 is 0 Å². The van der Waals surface area contributed by atoms with Crippen LogP contribution in [0, 0.1) is 5.92 Å². The summed E-state index contributed by atoms with van der Waals surface area (Å²) in [5.74, 6) is 1.02. The molecule has 0 spiro atoms. The van der Waals surface area contributed by atoms with Crippen molar-refractivity contribution in [1.29, 1.82) is 0 Å². The normalized spacial score (nSPS) is 15.9. The van der Waals surface area contributed by atoms with Gasteiger partial charge < -0.3 is 20.1 Å². The highest BCUT2D eigenvalue weighted by molar-refractivity contribution is 5.95. The highest BCUT2D eigenvalue weighted by Crippen LogP contribution is 2.28. The highest BCUT2D eigenvalue weighted by atomic mass is 16.5. The molecule has 1 saturated heterocycles. The number of amides is 1. The van der Waals surface area contributed by atoms with Gasteiger partial charge in [-0.25, -0.2) is 0 Å². The van der Waals surface area contributed by atoms with Crippen molar-refractivity contribution in [3.05, 3.63) is 18.2 Å². The number of carbonyl (C=O) groups is 1. The van der Waals surface area contributed by atoms with E-state index in [4.69, 9.17) is 15.2 Å². The molecule has 104 valence electrons. The molecule has 1 aromatic rings. The first-order valence-electron chi connectivity index (χ1n) is 6.48. The van der Waals surface area contributed by atoms with Gasteiger partial charge in [-0.3, -0.25) is 4.79 Å². The van der Waals surface area contributed by atoms with Gasteiger partial charge >= 0.3 is 0 Å². The van der Waals surface area contributed by atoms with Crippen LogP contribution in [0.25, 0.3) is 0 Å². The van der Waals surface area contributed by atoms with Crippen LogP contribution in [0.1, 0.15) is 13.8 Å². The van der Waals surface area contributed by atoms with Gasteiger partial charge in [-0.15, -0.1) is 0 Å². The molecule has 0 aliphatic carbocycles. The molecular formula is C14H20N2O3. The molecule has 0 saturated carbocycles. The van der Waals surface area contributed by atoms with E-state index in [9.17, 15) is 4.79 Å². The average Bonchev–Trinajstić information content (AvgIpc) is 2.38. The van der Waals surface area contributed by atoms with Gasteiger partial charge in [0.25, 0.3) is 5.91 Å². The lowest BCUT2D eigenvalue weighted by Gasteiger charge is -2.27. The number of hydrogen-bond acceptors (Lipinski definition) is 4. The van der Waals surface area contributed by atoms with Crippen LogP contribution in [0.2, 0.25) is 0 Å². The lowest BCUT2D eigenvalue weighted by atomic mass is 10.2. The zero-order valence-corrected chi connectivity index (χ0v) is 11.4. The number of rotatable bonds is 4. The van der Waals surface area contributed by atoms with Gasteiger partial charge in [0.15, 0.2) is 0 Å². The Bertz CT molecular complexity index is 460. The minimum Gasteiger partial charge on any atom is -0.491 e. The Morgan fingerprint density at radius 2 is 2.26 bits per heavy atom. The predicted octanol–water partition coefficient (Wildman–Crippen LogP) is 1.67. The topological polar surface area (TPSA) is 64.8 Å². The molecular weight excluding hydrogens is 244 g/mol. The summed E-state index contributed by atoms with van der Waals surface area (Å²) >= 11 is 0. The first-order valence-corrected chi connectivity index (χ1v) is 6.48. The van der Waals surface area contributed by atoms with Crippen LogP contribution in [0.5, 0.6) is 5.75 Å². The molecule has 1 fully saturated rings. The van der Waals surface area contributed by atoms with E-state index in [2.05, 4.69) is 13.8 Å². The van der Waals surface area contributed by atoms with E-state index in [1.807, 2.05) is 12.1 Å². The maximum Gasteiger partial charge on any atom is 0.253 e. The largest absolute Gasteiger partial charge is 0.491 e. The van der Waals surface area contributed by atoms with Crippen molar-refractivity contribution >= 4 is 17.3 Å². The van der Waals surface area contributed by atoms with Crippen LogP contribution in [-0.2, 0) is 9.53 Å². The number of nitrogens with zero attached hydrogens (tertiary/aromatic N) is 1. The van der Waals surface area contributed by atoms with Crippen molar-refractivity contribution in [2.45, 2.75) is 13.8 Å². The third-order valence-electron chi connectivity index (χ3n) is 2.87. The minimum atomic E-state index is -0.0363. The Morgan fingerprint density at radius 3 is 2.95 bits per heavy atom. The second-order valence-electron chi connectivity index (χ2n) is 5.02. The summed E-state index contributed by atoms with van der Waals surface area (Å²) in [5, 5.41) is 0. The molecule has 0 unspecified atom stereocenters. The Hall–Kier alpha value is -1.75. The summed E-state index contributed by atoms with van der Waals surface area (Å²) in [7, 11) is 0. The molecule has 1 amide bonds. The first kappa shape index (κ1) is 13.7. The summed E-state index contributed by atoms with van der Waals surface area (Å²) in [6.07, 6.45) is 0. The van der Waals surface area contributed by atoms with Gasteiger partial charge in [0, 0.05) is 18.3 Å². The van der Waals surface area contributed by atoms with E-state index in [0.717, 1.165) is 5.69 Å². The molecule has 1 aromatic carbocycles. The van der Waals surface area contributed by atoms with E-state index in [-0.39, 0.29) is 12.5 Å². The number of hydrogen-bond donors (Lipinski definition) is 1. The SMILES string of the molecule is CC(C)COc1cc(N2CCOCC2=O)ccc1N. The van der Waals surface area contributed by atoms with Gasteiger partial charge in [0.2, 0.25) is 0 Å². The Morgan fingerprint density at radius 1 is 1.47 bits per heavy atom. The molecule has 5 nitrogen and oxygen atoms in total. The fraction of sp³-hybridized carbons (Fsp3) is 0.500. The number of nitrogens with two attached hydrogens (primary N) is 1. The minimum absolute atomic E-state index is 0.0363. The summed E-state index contributed by atoms with van der Waals surface area (Å²) < 4.78 is 10.8. The Balaban J connectivity index is 2.17.